The van der Waals surface area contributed by atoms with E-state index in [2.05, 4.69) is 40.3 Å². The summed E-state index contributed by atoms with van der Waals surface area (Å²) >= 11 is 0. The summed E-state index contributed by atoms with van der Waals surface area (Å²) in [7, 11) is 1.74. The number of hydrogen-bond donors (Lipinski definition) is 1. The molecule has 0 saturated carbocycles. The predicted octanol–water partition coefficient (Wildman–Crippen LogP) is 4.15. The van der Waals surface area contributed by atoms with Crippen LogP contribution >= 0.6 is 0 Å². The fourth-order valence-corrected chi connectivity index (χ4v) is 4.12. The highest BCUT2D eigenvalue weighted by molar-refractivity contribution is 5.83. The van der Waals surface area contributed by atoms with E-state index in [0.29, 0.717) is 24.6 Å². The highest BCUT2D eigenvalue weighted by Gasteiger charge is 2.24. The topological polar surface area (TPSA) is 39.3 Å². The van der Waals surface area contributed by atoms with Gasteiger partial charge >= 0.3 is 0 Å². The molecule has 1 aliphatic rings. The number of fused-ring (bicyclic) bond motifs is 1. The lowest BCUT2D eigenvalue weighted by Gasteiger charge is -2.32. The number of halogens is 1. The number of hydrogen-bond acceptors (Lipinski definition) is 2. The highest BCUT2D eigenvalue weighted by Crippen LogP contribution is 2.33. The van der Waals surface area contributed by atoms with Gasteiger partial charge in [-0.2, -0.15) is 0 Å². The van der Waals surface area contributed by atoms with Gasteiger partial charge < -0.3 is 9.88 Å². The number of aromatic amines is 1. The molecule has 3 aromatic rings. The molecule has 0 spiro atoms. The van der Waals surface area contributed by atoms with Crippen molar-refractivity contribution in [3.05, 3.63) is 71.7 Å². The molecule has 4 nitrogen and oxygen atoms in total. The fourth-order valence-electron chi connectivity index (χ4n) is 4.12. The Balaban J connectivity index is 1.31. The van der Waals surface area contributed by atoms with E-state index < -0.39 is 0 Å². The highest BCUT2D eigenvalue weighted by atomic mass is 19.1. The Hall–Kier alpha value is -2.66. The lowest BCUT2D eigenvalue weighted by molar-refractivity contribution is -0.131. The molecule has 1 aliphatic heterocycles. The van der Waals surface area contributed by atoms with E-state index >= 15 is 0 Å². The first-order valence-electron chi connectivity index (χ1n) is 9.87. The van der Waals surface area contributed by atoms with Gasteiger partial charge in [-0.3, -0.25) is 9.69 Å². The van der Waals surface area contributed by atoms with E-state index in [1.165, 1.54) is 22.5 Å². The van der Waals surface area contributed by atoms with Gasteiger partial charge in [0.15, 0.2) is 0 Å². The zero-order chi connectivity index (χ0) is 19.5. The molecule has 0 atom stereocenters. The maximum atomic E-state index is 13.8. The van der Waals surface area contributed by atoms with Crippen molar-refractivity contribution in [2.75, 3.05) is 26.7 Å². The number of H-pyrrole nitrogens is 1. The zero-order valence-corrected chi connectivity index (χ0v) is 16.2. The molecule has 1 saturated heterocycles. The third-order valence-corrected chi connectivity index (χ3v) is 5.80. The summed E-state index contributed by atoms with van der Waals surface area (Å²) in [6.45, 7) is 2.51. The van der Waals surface area contributed by atoms with Crippen LogP contribution in [0.5, 0.6) is 0 Å². The van der Waals surface area contributed by atoms with Crippen LogP contribution in [0.2, 0.25) is 0 Å². The average Bonchev–Trinajstić information content (AvgIpc) is 3.14. The normalized spacial score (nSPS) is 15.8. The smallest absolute Gasteiger partial charge is 0.236 e. The van der Waals surface area contributed by atoms with Crippen molar-refractivity contribution in [3.63, 3.8) is 0 Å². The molecule has 1 amide bonds. The van der Waals surface area contributed by atoms with Crippen molar-refractivity contribution < 1.29 is 9.18 Å². The Labute approximate surface area is 165 Å². The largest absolute Gasteiger partial charge is 0.361 e. The Morgan fingerprint density at radius 3 is 2.64 bits per heavy atom. The van der Waals surface area contributed by atoms with Crippen LogP contribution in [-0.4, -0.2) is 47.4 Å². The van der Waals surface area contributed by atoms with Crippen LogP contribution in [-0.2, 0) is 11.3 Å². The van der Waals surface area contributed by atoms with Gasteiger partial charge in [0.2, 0.25) is 5.91 Å². The number of carbonyl (C=O) groups excluding carboxylic acids is 1. The van der Waals surface area contributed by atoms with Crippen LogP contribution < -0.4 is 0 Å². The molecule has 0 radical (unpaired) electrons. The van der Waals surface area contributed by atoms with Crippen LogP contribution in [0.4, 0.5) is 4.39 Å². The van der Waals surface area contributed by atoms with Gasteiger partial charge in [-0.05, 0) is 49.5 Å². The zero-order valence-electron chi connectivity index (χ0n) is 16.2. The van der Waals surface area contributed by atoms with Gasteiger partial charge in [-0.1, -0.05) is 36.4 Å². The Morgan fingerprint density at radius 1 is 1.14 bits per heavy atom. The lowest BCUT2D eigenvalue weighted by Crippen LogP contribution is -2.41. The van der Waals surface area contributed by atoms with E-state index in [1.54, 1.807) is 30.1 Å². The van der Waals surface area contributed by atoms with Gasteiger partial charge in [0, 0.05) is 36.3 Å². The van der Waals surface area contributed by atoms with E-state index in [4.69, 9.17) is 0 Å². The maximum Gasteiger partial charge on any atom is 0.236 e. The molecule has 1 fully saturated rings. The number of benzene rings is 2. The first kappa shape index (κ1) is 18.7. The minimum Gasteiger partial charge on any atom is -0.361 e. The van der Waals surface area contributed by atoms with Crippen molar-refractivity contribution >= 4 is 16.8 Å². The second-order valence-corrected chi connectivity index (χ2v) is 7.68. The Morgan fingerprint density at radius 2 is 1.86 bits per heavy atom. The second kappa shape index (κ2) is 8.15. The van der Waals surface area contributed by atoms with E-state index in [9.17, 15) is 9.18 Å². The molecule has 1 aromatic heterocycles. The third-order valence-electron chi connectivity index (χ3n) is 5.80. The molecule has 2 aromatic carbocycles. The molecule has 28 heavy (non-hydrogen) atoms. The molecule has 1 N–H and O–H groups in total. The monoisotopic (exact) mass is 379 g/mol. The number of amides is 1. The van der Waals surface area contributed by atoms with E-state index in [-0.39, 0.29) is 11.7 Å². The number of likely N-dealkylation sites (tertiary alicyclic amines) is 1. The molecule has 5 heteroatoms. The van der Waals surface area contributed by atoms with Crippen LogP contribution in [0.1, 0.15) is 29.9 Å². The minimum atomic E-state index is -0.262. The predicted molar refractivity (Wildman–Crippen MR) is 110 cm³/mol. The van der Waals surface area contributed by atoms with Crippen molar-refractivity contribution in [2.45, 2.75) is 25.3 Å². The number of carbonyl (C=O) groups is 1. The summed E-state index contributed by atoms with van der Waals surface area (Å²) in [4.78, 5) is 19.8. The summed E-state index contributed by atoms with van der Waals surface area (Å²) in [6.07, 6.45) is 4.23. The minimum absolute atomic E-state index is 0.0359. The number of aromatic nitrogens is 1. The third kappa shape index (κ3) is 3.94. The molecule has 0 unspecified atom stereocenters. The maximum absolute atomic E-state index is 13.8. The Kier molecular flexibility index (Phi) is 5.44. The van der Waals surface area contributed by atoms with E-state index in [1.807, 2.05) is 0 Å². The van der Waals surface area contributed by atoms with Crippen molar-refractivity contribution in [1.29, 1.82) is 0 Å². The summed E-state index contributed by atoms with van der Waals surface area (Å²) in [5, 5.41) is 1.31. The van der Waals surface area contributed by atoms with Crippen molar-refractivity contribution in [1.82, 2.24) is 14.8 Å². The lowest BCUT2D eigenvalue weighted by atomic mass is 9.89. The number of para-hydroxylation sites is 1. The van der Waals surface area contributed by atoms with Gasteiger partial charge in [-0.15, -0.1) is 0 Å². The number of piperidine rings is 1. The Bertz CT molecular complexity index is 959. The molecular weight excluding hydrogens is 353 g/mol. The summed E-state index contributed by atoms with van der Waals surface area (Å²) < 4.78 is 13.8. The van der Waals surface area contributed by atoms with E-state index in [0.717, 1.165) is 25.9 Å². The summed E-state index contributed by atoms with van der Waals surface area (Å²) in [5.74, 6) is 0.300. The van der Waals surface area contributed by atoms with Gasteiger partial charge in [0.1, 0.15) is 5.82 Å². The van der Waals surface area contributed by atoms with Crippen LogP contribution in [0.3, 0.4) is 0 Å². The summed E-state index contributed by atoms with van der Waals surface area (Å²) in [5.41, 5.74) is 3.12. The molecule has 146 valence electrons. The molecule has 0 aliphatic carbocycles. The number of nitrogens with zero attached hydrogens (tertiary/aromatic N) is 2. The SMILES string of the molecule is CN(Cc1ccccc1F)C(=O)CN1CCC(c2c[nH]c3ccccc23)CC1. The van der Waals surface area contributed by atoms with Gasteiger partial charge in [0.25, 0.3) is 0 Å². The van der Waals surface area contributed by atoms with Gasteiger partial charge in [-0.25, -0.2) is 4.39 Å². The second-order valence-electron chi connectivity index (χ2n) is 7.68. The first-order chi connectivity index (χ1) is 13.6. The standard InChI is InChI=1S/C23H26FN3O/c1-26(15-18-6-2-4-8-21(18)24)23(28)16-27-12-10-17(11-13-27)20-14-25-22-9-5-3-7-19(20)22/h2-9,14,17,25H,10-13,15-16H2,1H3. The molecule has 2 heterocycles. The molecule has 4 rings (SSSR count). The number of likely N-dealkylation sites (N-methyl/N-ethyl adjacent to an activating group) is 1. The fraction of sp³-hybridized carbons (Fsp3) is 0.348. The number of rotatable bonds is 5. The van der Waals surface area contributed by atoms with Crippen LogP contribution in [0.15, 0.2) is 54.7 Å². The summed E-state index contributed by atoms with van der Waals surface area (Å²) in [6, 6.07) is 15.0. The molecule has 0 bridgehead atoms. The molecular formula is C23H26FN3O. The van der Waals surface area contributed by atoms with Gasteiger partial charge in [0.05, 0.1) is 6.54 Å². The first-order valence-corrected chi connectivity index (χ1v) is 9.87. The van der Waals surface area contributed by atoms with Crippen molar-refractivity contribution in [3.8, 4) is 0 Å². The van der Waals surface area contributed by atoms with Crippen molar-refractivity contribution in [2.24, 2.45) is 0 Å². The van der Waals surface area contributed by atoms with Crippen LogP contribution in [0.25, 0.3) is 10.9 Å². The number of nitrogens with one attached hydrogen (secondary N) is 1. The average molecular weight is 379 g/mol. The van der Waals surface area contributed by atoms with Crippen LogP contribution in [0, 0.1) is 5.82 Å². The quantitative estimate of drug-likeness (QED) is 0.724.